The Morgan fingerprint density at radius 2 is 1.90 bits per heavy atom. The van der Waals surface area contributed by atoms with Gasteiger partial charge in [0.15, 0.2) is 0 Å². The highest BCUT2D eigenvalue weighted by atomic mass is 16.4. The highest BCUT2D eigenvalue weighted by molar-refractivity contribution is 5.75. The van der Waals surface area contributed by atoms with Crippen molar-refractivity contribution < 1.29 is 14.7 Å². The number of carbonyl (C=O) groups is 2. The largest absolute Gasteiger partial charge is 0.481 e. The fourth-order valence-corrected chi connectivity index (χ4v) is 2.85. The minimum absolute atomic E-state index is 0.00328. The third-order valence-electron chi connectivity index (χ3n) is 4.21. The summed E-state index contributed by atoms with van der Waals surface area (Å²) in [5, 5.41) is 11.9. The van der Waals surface area contributed by atoms with Crippen LogP contribution in [0.1, 0.15) is 52.4 Å². The Bertz CT molecular complexity index is 376. The molecule has 0 heterocycles. The second-order valence-corrected chi connectivity index (χ2v) is 7.11. The van der Waals surface area contributed by atoms with E-state index in [0.717, 1.165) is 25.8 Å². The van der Waals surface area contributed by atoms with E-state index in [9.17, 15) is 9.59 Å². The van der Waals surface area contributed by atoms with Gasteiger partial charge in [0.1, 0.15) is 0 Å². The number of nitrogens with zero attached hydrogens (tertiary/aromatic N) is 1. The molecule has 5 heteroatoms. The number of carboxylic acids is 1. The molecular formula is C16H28N2O3. The van der Waals surface area contributed by atoms with E-state index < -0.39 is 5.97 Å². The molecule has 0 aliphatic heterocycles. The van der Waals surface area contributed by atoms with E-state index >= 15 is 0 Å². The van der Waals surface area contributed by atoms with Crippen molar-refractivity contribution in [2.75, 3.05) is 13.1 Å². The molecule has 0 aromatic rings. The predicted octanol–water partition coefficient (Wildman–Crippen LogP) is 2.71. The van der Waals surface area contributed by atoms with E-state index in [4.69, 9.17) is 5.11 Å². The van der Waals surface area contributed by atoms with Crippen molar-refractivity contribution in [3.63, 3.8) is 0 Å². The first-order chi connectivity index (χ1) is 9.95. The third-order valence-corrected chi connectivity index (χ3v) is 4.21. The average molecular weight is 296 g/mol. The van der Waals surface area contributed by atoms with Crippen molar-refractivity contribution in [3.8, 4) is 0 Å². The Morgan fingerprint density at radius 1 is 1.24 bits per heavy atom. The van der Waals surface area contributed by atoms with E-state index in [1.54, 1.807) is 0 Å². The summed E-state index contributed by atoms with van der Waals surface area (Å²) >= 11 is 0. The Labute approximate surface area is 127 Å². The molecular weight excluding hydrogens is 268 g/mol. The summed E-state index contributed by atoms with van der Waals surface area (Å²) in [6, 6.07) is 0.428. The molecule has 2 saturated carbocycles. The summed E-state index contributed by atoms with van der Waals surface area (Å²) < 4.78 is 0. The van der Waals surface area contributed by atoms with Crippen LogP contribution >= 0.6 is 0 Å². The molecule has 2 rings (SSSR count). The van der Waals surface area contributed by atoms with Crippen LogP contribution in [0.3, 0.4) is 0 Å². The van der Waals surface area contributed by atoms with Crippen LogP contribution in [0.2, 0.25) is 0 Å². The van der Waals surface area contributed by atoms with Crippen LogP contribution in [-0.2, 0) is 4.79 Å². The number of hydrogen-bond donors (Lipinski definition) is 2. The molecule has 2 aliphatic carbocycles. The zero-order chi connectivity index (χ0) is 15.4. The van der Waals surface area contributed by atoms with Gasteiger partial charge in [-0.3, -0.25) is 4.79 Å². The summed E-state index contributed by atoms with van der Waals surface area (Å²) in [5.41, 5.74) is 0. The number of nitrogens with one attached hydrogen (secondary N) is 1. The van der Waals surface area contributed by atoms with Gasteiger partial charge in [-0.1, -0.05) is 13.8 Å². The normalized spacial score (nSPS) is 19.4. The van der Waals surface area contributed by atoms with Gasteiger partial charge in [-0.25, -0.2) is 4.79 Å². The van der Waals surface area contributed by atoms with Crippen LogP contribution in [-0.4, -0.2) is 41.1 Å². The first-order valence-electron chi connectivity index (χ1n) is 8.22. The Kier molecular flexibility index (Phi) is 5.48. The van der Waals surface area contributed by atoms with Crippen LogP contribution in [0.15, 0.2) is 0 Å². The monoisotopic (exact) mass is 296 g/mol. The van der Waals surface area contributed by atoms with E-state index in [1.807, 2.05) is 4.90 Å². The zero-order valence-electron chi connectivity index (χ0n) is 13.2. The summed E-state index contributed by atoms with van der Waals surface area (Å²) in [6.07, 6.45) is 5.68. The lowest BCUT2D eigenvalue weighted by Crippen LogP contribution is -2.44. The maximum absolute atomic E-state index is 12.3. The maximum atomic E-state index is 12.3. The molecule has 1 atom stereocenters. The van der Waals surface area contributed by atoms with Crippen molar-refractivity contribution in [1.82, 2.24) is 10.2 Å². The van der Waals surface area contributed by atoms with E-state index in [0.29, 0.717) is 24.4 Å². The molecule has 2 aliphatic rings. The van der Waals surface area contributed by atoms with Crippen molar-refractivity contribution in [2.24, 2.45) is 17.8 Å². The first-order valence-corrected chi connectivity index (χ1v) is 8.22. The minimum atomic E-state index is -0.785. The van der Waals surface area contributed by atoms with Gasteiger partial charge in [0, 0.05) is 25.6 Å². The van der Waals surface area contributed by atoms with Gasteiger partial charge in [-0.05, 0) is 49.9 Å². The third kappa shape index (κ3) is 5.94. The average Bonchev–Trinajstić information content (AvgIpc) is 3.24. The van der Waals surface area contributed by atoms with Gasteiger partial charge in [-0.15, -0.1) is 0 Å². The molecule has 0 unspecified atom stereocenters. The van der Waals surface area contributed by atoms with Crippen LogP contribution < -0.4 is 5.32 Å². The van der Waals surface area contributed by atoms with Crippen LogP contribution in [0.25, 0.3) is 0 Å². The topological polar surface area (TPSA) is 69.6 Å². The molecule has 0 spiro atoms. The van der Waals surface area contributed by atoms with Gasteiger partial charge in [-0.2, -0.15) is 0 Å². The maximum Gasteiger partial charge on any atom is 0.317 e. The molecule has 120 valence electrons. The van der Waals surface area contributed by atoms with Crippen LogP contribution in [0, 0.1) is 17.8 Å². The lowest BCUT2D eigenvalue weighted by atomic mass is 9.94. The second-order valence-electron chi connectivity index (χ2n) is 7.11. The number of carboxylic acid groups (broad SMARTS) is 1. The number of urea groups is 1. The standard InChI is InChI=1S/C16H28N2O3/c1-11(2)7-13(8-15(19)20)9-17-16(21)18(14-5-6-14)10-12-3-4-12/h11-14H,3-10H2,1-2H3,(H,17,21)(H,19,20)/t13-/m0/s1. The van der Waals surface area contributed by atoms with E-state index in [1.165, 1.54) is 12.8 Å². The molecule has 0 bridgehead atoms. The second kappa shape index (κ2) is 7.14. The quantitative estimate of drug-likeness (QED) is 0.687. The van der Waals surface area contributed by atoms with Crippen LogP contribution in [0.5, 0.6) is 0 Å². The fourth-order valence-electron chi connectivity index (χ4n) is 2.85. The van der Waals surface area contributed by atoms with Gasteiger partial charge >= 0.3 is 12.0 Å². The molecule has 0 radical (unpaired) electrons. The van der Waals surface area contributed by atoms with E-state index in [-0.39, 0.29) is 18.4 Å². The first kappa shape index (κ1) is 16.1. The minimum Gasteiger partial charge on any atom is -0.481 e. The van der Waals surface area contributed by atoms with Gasteiger partial charge in [0.25, 0.3) is 0 Å². The van der Waals surface area contributed by atoms with Crippen molar-refractivity contribution in [2.45, 2.75) is 58.4 Å². The SMILES string of the molecule is CC(C)C[C@H](CNC(=O)N(CC1CC1)C1CC1)CC(=O)O. The Hall–Kier alpha value is -1.26. The van der Waals surface area contributed by atoms with Gasteiger partial charge in [0.05, 0.1) is 0 Å². The molecule has 2 amide bonds. The number of hydrogen-bond acceptors (Lipinski definition) is 2. The fraction of sp³-hybridized carbons (Fsp3) is 0.875. The molecule has 21 heavy (non-hydrogen) atoms. The molecule has 0 aromatic carbocycles. The number of amides is 2. The molecule has 2 N–H and O–H groups in total. The molecule has 0 saturated heterocycles. The summed E-state index contributed by atoms with van der Waals surface area (Å²) in [6.45, 7) is 5.52. The lowest BCUT2D eigenvalue weighted by Gasteiger charge is -2.25. The number of aliphatic carboxylic acids is 1. The Morgan fingerprint density at radius 3 is 2.38 bits per heavy atom. The zero-order valence-corrected chi connectivity index (χ0v) is 13.2. The Balaban J connectivity index is 1.79. The molecule has 5 nitrogen and oxygen atoms in total. The van der Waals surface area contributed by atoms with Gasteiger partial charge < -0.3 is 15.3 Å². The summed E-state index contributed by atoms with van der Waals surface area (Å²) in [4.78, 5) is 25.2. The highest BCUT2D eigenvalue weighted by Gasteiger charge is 2.36. The van der Waals surface area contributed by atoms with Crippen molar-refractivity contribution in [3.05, 3.63) is 0 Å². The van der Waals surface area contributed by atoms with Gasteiger partial charge in [0.2, 0.25) is 0 Å². The molecule has 0 aromatic heterocycles. The highest BCUT2D eigenvalue weighted by Crippen LogP contribution is 2.34. The van der Waals surface area contributed by atoms with E-state index in [2.05, 4.69) is 19.2 Å². The summed E-state index contributed by atoms with van der Waals surface area (Å²) in [5.74, 6) is 0.374. The number of rotatable bonds is 9. The smallest absolute Gasteiger partial charge is 0.317 e. The van der Waals surface area contributed by atoms with Crippen molar-refractivity contribution >= 4 is 12.0 Å². The predicted molar refractivity (Wildman–Crippen MR) is 81.0 cm³/mol. The van der Waals surface area contributed by atoms with Crippen LogP contribution in [0.4, 0.5) is 4.79 Å². The number of carbonyl (C=O) groups excluding carboxylic acids is 1. The summed E-state index contributed by atoms with van der Waals surface area (Å²) in [7, 11) is 0. The lowest BCUT2D eigenvalue weighted by molar-refractivity contribution is -0.138. The molecule has 2 fully saturated rings. The van der Waals surface area contributed by atoms with Crippen molar-refractivity contribution in [1.29, 1.82) is 0 Å².